The maximum Gasteiger partial charge on any atom is 0.119 e. The summed E-state index contributed by atoms with van der Waals surface area (Å²) in [6.45, 7) is -3.21. The van der Waals surface area contributed by atoms with E-state index in [1.807, 2.05) is 0 Å². The number of hydrogen-bond donors (Lipinski definition) is 2. The molecule has 0 fully saturated rings. The molecule has 1 aromatic rings. The Labute approximate surface area is 127 Å². The van der Waals surface area contributed by atoms with Gasteiger partial charge in [0.15, 0.2) is 0 Å². The Bertz CT molecular complexity index is 629. The van der Waals surface area contributed by atoms with Gasteiger partial charge in [-0.15, -0.1) is 0 Å². The van der Waals surface area contributed by atoms with Crippen LogP contribution in [0.15, 0.2) is 24.3 Å². The number of aliphatic hydroxyl groups is 1. The van der Waals surface area contributed by atoms with Crippen LogP contribution in [0.3, 0.4) is 0 Å². The molecule has 2 N–H and O–H groups in total. The molecule has 0 bridgehead atoms. The Kier molecular flexibility index (Phi) is 3.57. The summed E-state index contributed by atoms with van der Waals surface area (Å²) in [7, 11) is 1.06. The summed E-state index contributed by atoms with van der Waals surface area (Å²) in [4.78, 5) is 0. The smallest absolute Gasteiger partial charge is 0.119 e. The van der Waals surface area contributed by atoms with Crippen molar-refractivity contribution < 1.29 is 25.5 Å². The van der Waals surface area contributed by atoms with Crippen LogP contribution in [0.4, 0.5) is 0 Å². The van der Waals surface area contributed by atoms with E-state index in [-0.39, 0.29) is 11.3 Å². The highest BCUT2D eigenvalue weighted by Gasteiger charge is 2.05. The molecule has 0 aromatic heterocycles. The van der Waals surface area contributed by atoms with E-state index < -0.39 is 38.1 Å². The fourth-order valence-electron chi connectivity index (χ4n) is 1.13. The van der Waals surface area contributed by atoms with Crippen LogP contribution in [0, 0.1) is 0 Å². The number of nitrogens with one attached hydrogen (secondary N) is 1. The van der Waals surface area contributed by atoms with Crippen molar-refractivity contribution in [2.45, 2.75) is 32.3 Å². The highest BCUT2D eigenvalue weighted by Crippen LogP contribution is 2.12. The van der Waals surface area contributed by atoms with Gasteiger partial charge in [-0.25, -0.2) is 0 Å². The van der Waals surface area contributed by atoms with E-state index in [9.17, 15) is 5.11 Å². The number of rotatable bonds is 9. The summed E-state index contributed by atoms with van der Waals surface area (Å²) < 4.78 is 71.7. The second-order valence-electron chi connectivity index (χ2n) is 3.94. The number of ether oxygens (including phenoxy) is 2. The third-order valence-corrected chi connectivity index (χ3v) is 1.98. The van der Waals surface area contributed by atoms with Crippen LogP contribution >= 0.6 is 0 Å². The van der Waals surface area contributed by atoms with Crippen LogP contribution in [-0.4, -0.2) is 44.0 Å². The van der Waals surface area contributed by atoms with E-state index in [0.29, 0.717) is 0 Å². The Balaban J connectivity index is 2.88. The van der Waals surface area contributed by atoms with Gasteiger partial charge in [0.2, 0.25) is 0 Å². The predicted molar refractivity (Wildman–Crippen MR) is 76.7 cm³/mol. The quantitative estimate of drug-likeness (QED) is 0.719. The lowest BCUT2D eigenvalue weighted by Crippen LogP contribution is -2.35. The average Bonchev–Trinajstić information content (AvgIpc) is 2.50. The highest BCUT2D eigenvalue weighted by atomic mass is 16.5. The third kappa shape index (κ3) is 7.15. The first-order valence-electron chi connectivity index (χ1n) is 9.75. The molecular weight excluding hydrogens is 242 g/mol. The van der Waals surface area contributed by atoms with Crippen molar-refractivity contribution in [2.24, 2.45) is 0 Å². The van der Waals surface area contributed by atoms with Crippen molar-refractivity contribution in [2.75, 3.05) is 26.8 Å². The lowest BCUT2D eigenvalue weighted by Gasteiger charge is -2.15. The first-order chi connectivity index (χ1) is 12.0. The molecule has 0 aliphatic carbocycles. The van der Waals surface area contributed by atoms with E-state index in [2.05, 4.69) is 10.1 Å². The van der Waals surface area contributed by atoms with Gasteiger partial charge >= 0.3 is 0 Å². The molecule has 1 aromatic carbocycles. The normalized spacial score (nSPS) is 23.4. The lowest BCUT2D eigenvalue weighted by molar-refractivity contribution is 0.104. The number of benzene rings is 1. The van der Waals surface area contributed by atoms with Gasteiger partial charge in [0, 0.05) is 26.5 Å². The lowest BCUT2D eigenvalue weighted by atomic mass is 10.1. The summed E-state index contributed by atoms with van der Waals surface area (Å²) in [5.41, 5.74) is -0.00390. The van der Waals surface area contributed by atoms with Crippen molar-refractivity contribution in [1.82, 2.24) is 5.32 Å². The molecule has 108 valence electrons. The number of aryl methyl sites for hydroxylation is 1. The van der Waals surface area contributed by atoms with Crippen LogP contribution < -0.4 is 10.1 Å². The van der Waals surface area contributed by atoms with Crippen molar-refractivity contribution in [3.8, 4) is 5.75 Å². The minimum absolute atomic E-state index is 0.00390. The van der Waals surface area contributed by atoms with Gasteiger partial charge in [0.1, 0.15) is 18.4 Å². The number of hydrogen-bond acceptors (Lipinski definition) is 4. The van der Waals surface area contributed by atoms with Gasteiger partial charge < -0.3 is 19.9 Å². The molecule has 0 aliphatic heterocycles. The molecule has 0 amide bonds. The van der Waals surface area contributed by atoms with Gasteiger partial charge in [0.05, 0.1) is 10.7 Å². The third-order valence-electron chi connectivity index (χ3n) is 1.98. The molecule has 4 nitrogen and oxygen atoms in total. The summed E-state index contributed by atoms with van der Waals surface area (Å²) in [5, 5.41) is 12.3. The van der Waals surface area contributed by atoms with Gasteiger partial charge in [-0.2, -0.15) is 0 Å². The summed E-state index contributed by atoms with van der Waals surface area (Å²) in [6.07, 6.45) is -5.14. The van der Waals surface area contributed by atoms with Gasteiger partial charge in [-0.05, 0) is 24.1 Å². The van der Waals surface area contributed by atoms with E-state index in [4.69, 9.17) is 15.7 Å². The summed E-state index contributed by atoms with van der Waals surface area (Å²) in [6, 6.07) is 3.74. The Morgan fingerprint density at radius 3 is 2.63 bits per heavy atom. The molecule has 1 atom stereocenters. The second kappa shape index (κ2) is 8.91. The Morgan fingerprint density at radius 2 is 2.05 bits per heavy atom. The van der Waals surface area contributed by atoms with Crippen LogP contribution in [0.1, 0.15) is 30.4 Å². The zero-order valence-electron chi connectivity index (χ0n) is 19.3. The zero-order valence-corrected chi connectivity index (χ0v) is 11.3. The average molecular weight is 275 g/mol. The van der Waals surface area contributed by atoms with Crippen molar-refractivity contribution in [3.05, 3.63) is 29.8 Å². The largest absolute Gasteiger partial charge is 0.491 e. The van der Waals surface area contributed by atoms with Crippen LogP contribution in [0.2, 0.25) is 0 Å². The summed E-state index contributed by atoms with van der Waals surface area (Å²) >= 11 is 0. The standard InChI is InChI=1S/C15H25NO3/c1-12(2)16-10-14(17)11-19-15-6-4-13(5-7-15)8-9-18-3/h4-7,12,14,16-17H,8-11H2,1-3H3/i8D2,9D2,10D2,12D,14D. The van der Waals surface area contributed by atoms with Crippen LogP contribution in [-0.2, 0) is 11.1 Å². The molecule has 0 spiro atoms. The minimum atomic E-state index is -2.70. The summed E-state index contributed by atoms with van der Waals surface area (Å²) in [5.74, 6) is 0.124. The van der Waals surface area contributed by atoms with Gasteiger partial charge in [-0.1, -0.05) is 26.0 Å². The van der Waals surface area contributed by atoms with Gasteiger partial charge in [-0.3, -0.25) is 0 Å². The predicted octanol–water partition coefficient (Wildman–Crippen LogP) is 1.61. The van der Waals surface area contributed by atoms with Crippen LogP contribution in [0.25, 0.3) is 0 Å². The number of methoxy groups -OCH3 is 1. The SMILES string of the molecule is [2H]C(C)(C)NC([2H])([2H])C([2H])(O)COc1ccc(C([2H])([2H])C([2H])([2H])OC)cc1. The van der Waals surface area contributed by atoms with E-state index in [1.54, 1.807) is 0 Å². The van der Waals surface area contributed by atoms with Crippen molar-refractivity contribution in [3.63, 3.8) is 0 Å². The first-order valence-corrected chi connectivity index (χ1v) is 5.75. The molecule has 0 aliphatic rings. The van der Waals surface area contributed by atoms with Crippen molar-refractivity contribution in [1.29, 1.82) is 0 Å². The molecule has 4 heteroatoms. The Morgan fingerprint density at radius 1 is 1.37 bits per heavy atom. The molecule has 1 unspecified atom stereocenters. The molecular formula is C15H25NO3. The van der Waals surface area contributed by atoms with Crippen molar-refractivity contribution >= 4 is 0 Å². The zero-order chi connectivity index (χ0) is 21.3. The van der Waals surface area contributed by atoms with E-state index in [1.165, 1.54) is 38.1 Å². The molecule has 0 heterocycles. The monoisotopic (exact) mass is 275 g/mol. The Hall–Kier alpha value is -1.10. The molecule has 0 saturated heterocycles. The fraction of sp³-hybridized carbons (Fsp3) is 0.600. The molecule has 0 radical (unpaired) electrons. The maximum atomic E-state index is 10.1. The van der Waals surface area contributed by atoms with Gasteiger partial charge in [0.25, 0.3) is 0 Å². The minimum Gasteiger partial charge on any atom is -0.491 e. The molecule has 1 rings (SSSR count). The highest BCUT2D eigenvalue weighted by molar-refractivity contribution is 5.27. The topological polar surface area (TPSA) is 50.7 Å². The van der Waals surface area contributed by atoms with Crippen LogP contribution in [0.5, 0.6) is 5.75 Å². The second-order valence-corrected chi connectivity index (χ2v) is 3.94. The molecule has 0 saturated carbocycles. The maximum absolute atomic E-state index is 10.1. The molecule has 19 heavy (non-hydrogen) atoms. The van der Waals surface area contributed by atoms with E-state index in [0.717, 1.165) is 7.11 Å². The van der Waals surface area contributed by atoms with E-state index >= 15 is 0 Å². The fourth-order valence-corrected chi connectivity index (χ4v) is 1.13. The first kappa shape index (κ1) is 7.62.